The smallest absolute Gasteiger partial charge is 0.126 e. The zero-order chi connectivity index (χ0) is 11.3. The summed E-state index contributed by atoms with van der Waals surface area (Å²) in [6.45, 7) is 0. The number of hydrogen-bond acceptors (Lipinski definition) is 1. The van der Waals surface area contributed by atoms with Gasteiger partial charge in [-0.3, -0.25) is 0 Å². The molecular weight excluding hydrogens is 210 g/mol. The molecule has 0 amide bonds. The number of hydrogen-bond donors (Lipinski definition) is 1. The predicted molar refractivity (Wildman–Crippen MR) is 55.7 cm³/mol. The standard InChI is InChI=1S/C13H14F2O/c14-9-5-8(6-10(15)7-9)13(16)11-3-1-2-4-12(11)13/h5-7,11-12,16H,1-4H2. The molecule has 3 heteroatoms. The van der Waals surface area contributed by atoms with E-state index in [0.29, 0.717) is 5.56 Å². The molecule has 0 heterocycles. The largest absolute Gasteiger partial charge is 0.385 e. The monoisotopic (exact) mass is 224 g/mol. The highest BCUT2D eigenvalue weighted by Crippen LogP contribution is 2.64. The van der Waals surface area contributed by atoms with Gasteiger partial charge in [-0.05, 0) is 42.4 Å². The minimum Gasteiger partial charge on any atom is -0.385 e. The first kappa shape index (κ1) is 10.2. The molecule has 1 aromatic rings. The first-order valence-electron chi connectivity index (χ1n) is 5.81. The molecule has 1 aromatic carbocycles. The van der Waals surface area contributed by atoms with Gasteiger partial charge in [-0.1, -0.05) is 12.8 Å². The van der Waals surface area contributed by atoms with Crippen LogP contribution in [-0.4, -0.2) is 5.11 Å². The third kappa shape index (κ3) is 1.31. The Hall–Kier alpha value is -0.960. The molecular formula is C13H14F2O. The fourth-order valence-corrected chi connectivity index (χ4v) is 3.31. The van der Waals surface area contributed by atoms with Crippen LogP contribution in [0.1, 0.15) is 31.2 Å². The average molecular weight is 224 g/mol. The molecule has 2 unspecified atom stereocenters. The van der Waals surface area contributed by atoms with Gasteiger partial charge in [0.15, 0.2) is 0 Å². The van der Waals surface area contributed by atoms with Crippen LogP contribution in [0.4, 0.5) is 8.78 Å². The van der Waals surface area contributed by atoms with Gasteiger partial charge in [0.05, 0.1) is 5.60 Å². The highest BCUT2D eigenvalue weighted by Gasteiger charge is 2.64. The van der Waals surface area contributed by atoms with Gasteiger partial charge in [0, 0.05) is 6.07 Å². The van der Waals surface area contributed by atoms with Crippen molar-refractivity contribution in [3.05, 3.63) is 35.4 Å². The summed E-state index contributed by atoms with van der Waals surface area (Å²) < 4.78 is 26.2. The van der Waals surface area contributed by atoms with E-state index in [4.69, 9.17) is 0 Å². The molecule has 0 bridgehead atoms. The van der Waals surface area contributed by atoms with Gasteiger partial charge in [0.2, 0.25) is 0 Å². The van der Waals surface area contributed by atoms with Gasteiger partial charge in [0.1, 0.15) is 11.6 Å². The van der Waals surface area contributed by atoms with E-state index < -0.39 is 17.2 Å². The second kappa shape index (κ2) is 3.27. The minimum absolute atomic E-state index is 0.211. The summed E-state index contributed by atoms with van der Waals surface area (Å²) >= 11 is 0. The van der Waals surface area contributed by atoms with Crippen molar-refractivity contribution >= 4 is 0 Å². The SMILES string of the molecule is OC1(c2cc(F)cc(F)c2)C2CCCCC21. The molecule has 86 valence electrons. The third-order valence-electron chi connectivity index (χ3n) is 4.11. The molecule has 2 aliphatic carbocycles. The number of fused-ring (bicyclic) bond motifs is 1. The molecule has 0 aliphatic heterocycles. The van der Waals surface area contributed by atoms with Crippen LogP contribution in [0.15, 0.2) is 18.2 Å². The number of benzene rings is 1. The zero-order valence-electron chi connectivity index (χ0n) is 8.92. The van der Waals surface area contributed by atoms with Crippen molar-refractivity contribution < 1.29 is 13.9 Å². The summed E-state index contributed by atoms with van der Waals surface area (Å²) in [6.07, 6.45) is 4.17. The zero-order valence-corrected chi connectivity index (χ0v) is 8.92. The molecule has 16 heavy (non-hydrogen) atoms. The van der Waals surface area contributed by atoms with E-state index in [-0.39, 0.29) is 11.8 Å². The average Bonchev–Trinajstić information content (AvgIpc) is 2.86. The summed E-state index contributed by atoms with van der Waals surface area (Å²) in [5.74, 6) is -0.788. The van der Waals surface area contributed by atoms with Crippen molar-refractivity contribution in [1.29, 1.82) is 0 Å². The molecule has 1 N–H and O–H groups in total. The molecule has 2 fully saturated rings. The van der Waals surface area contributed by atoms with Crippen molar-refractivity contribution in [3.63, 3.8) is 0 Å². The predicted octanol–water partition coefficient (Wildman–Crippen LogP) is 2.97. The third-order valence-corrected chi connectivity index (χ3v) is 4.11. The fraction of sp³-hybridized carbons (Fsp3) is 0.538. The van der Waals surface area contributed by atoms with Gasteiger partial charge in [0.25, 0.3) is 0 Å². The van der Waals surface area contributed by atoms with Crippen molar-refractivity contribution in [2.75, 3.05) is 0 Å². The number of rotatable bonds is 1. The van der Waals surface area contributed by atoms with Gasteiger partial charge in [-0.25, -0.2) is 8.78 Å². The molecule has 2 atom stereocenters. The van der Waals surface area contributed by atoms with Crippen molar-refractivity contribution in [2.45, 2.75) is 31.3 Å². The molecule has 2 saturated carbocycles. The van der Waals surface area contributed by atoms with Crippen LogP contribution >= 0.6 is 0 Å². The van der Waals surface area contributed by atoms with Gasteiger partial charge in [-0.15, -0.1) is 0 Å². The van der Waals surface area contributed by atoms with E-state index >= 15 is 0 Å². The topological polar surface area (TPSA) is 20.2 Å². The summed E-state index contributed by atoms with van der Waals surface area (Å²) in [5, 5.41) is 10.5. The van der Waals surface area contributed by atoms with Crippen LogP contribution in [0.3, 0.4) is 0 Å². The minimum atomic E-state index is -0.959. The molecule has 1 nitrogen and oxygen atoms in total. The lowest BCUT2D eigenvalue weighted by Crippen LogP contribution is -2.11. The van der Waals surface area contributed by atoms with Gasteiger partial charge < -0.3 is 5.11 Å². The Morgan fingerprint density at radius 3 is 2.00 bits per heavy atom. The Kier molecular flexibility index (Phi) is 2.08. The maximum Gasteiger partial charge on any atom is 0.126 e. The Bertz CT molecular complexity index is 398. The quantitative estimate of drug-likeness (QED) is 0.777. The van der Waals surface area contributed by atoms with Crippen molar-refractivity contribution in [3.8, 4) is 0 Å². The van der Waals surface area contributed by atoms with Gasteiger partial charge in [-0.2, -0.15) is 0 Å². The van der Waals surface area contributed by atoms with Crippen LogP contribution in [0.2, 0.25) is 0 Å². The normalized spacial score (nSPS) is 36.9. The lowest BCUT2D eigenvalue weighted by atomic mass is 10.0. The molecule has 0 spiro atoms. The Morgan fingerprint density at radius 1 is 1.00 bits per heavy atom. The Balaban J connectivity index is 1.98. The van der Waals surface area contributed by atoms with E-state index in [1.807, 2.05) is 0 Å². The van der Waals surface area contributed by atoms with Crippen LogP contribution in [0, 0.1) is 23.5 Å². The summed E-state index contributed by atoms with van der Waals surface area (Å²) in [5.41, 5.74) is -0.540. The lowest BCUT2D eigenvalue weighted by molar-refractivity contribution is 0.117. The van der Waals surface area contributed by atoms with E-state index in [9.17, 15) is 13.9 Å². The second-order valence-electron chi connectivity index (χ2n) is 4.98. The van der Waals surface area contributed by atoms with E-state index in [2.05, 4.69) is 0 Å². The first-order valence-corrected chi connectivity index (χ1v) is 5.81. The second-order valence-corrected chi connectivity index (χ2v) is 4.98. The van der Waals surface area contributed by atoms with Crippen LogP contribution in [0.25, 0.3) is 0 Å². The van der Waals surface area contributed by atoms with Crippen LogP contribution in [0.5, 0.6) is 0 Å². The number of aliphatic hydroxyl groups is 1. The maximum atomic E-state index is 13.1. The van der Waals surface area contributed by atoms with Crippen molar-refractivity contribution in [1.82, 2.24) is 0 Å². The summed E-state index contributed by atoms with van der Waals surface area (Å²) in [7, 11) is 0. The van der Waals surface area contributed by atoms with Gasteiger partial charge >= 0.3 is 0 Å². The molecule has 0 saturated heterocycles. The maximum absolute atomic E-state index is 13.1. The van der Waals surface area contributed by atoms with Crippen LogP contribution in [-0.2, 0) is 5.60 Å². The van der Waals surface area contributed by atoms with E-state index in [0.717, 1.165) is 31.7 Å². The Morgan fingerprint density at radius 2 is 1.50 bits per heavy atom. The van der Waals surface area contributed by atoms with E-state index in [1.165, 1.54) is 12.1 Å². The highest BCUT2D eigenvalue weighted by atomic mass is 19.1. The molecule has 2 aliphatic rings. The van der Waals surface area contributed by atoms with Crippen molar-refractivity contribution in [2.24, 2.45) is 11.8 Å². The lowest BCUT2D eigenvalue weighted by Gasteiger charge is -2.11. The highest BCUT2D eigenvalue weighted by molar-refractivity contribution is 5.33. The van der Waals surface area contributed by atoms with E-state index in [1.54, 1.807) is 0 Å². The molecule has 0 radical (unpaired) electrons. The number of halogens is 2. The molecule has 3 rings (SSSR count). The molecule has 0 aromatic heterocycles. The fourth-order valence-electron chi connectivity index (χ4n) is 3.31. The summed E-state index contributed by atoms with van der Waals surface area (Å²) in [6, 6.07) is 3.38. The van der Waals surface area contributed by atoms with Crippen LogP contribution < -0.4 is 0 Å². The Labute approximate surface area is 93.1 Å². The summed E-state index contributed by atoms with van der Waals surface area (Å²) in [4.78, 5) is 0. The first-order chi connectivity index (χ1) is 7.62.